The molecule has 0 amide bonds. The number of carbonyl (C=O) groups is 3. The molecule has 5 nitrogen and oxygen atoms in total. The van der Waals surface area contributed by atoms with E-state index in [9.17, 15) is 14.4 Å². The normalized spacial score (nSPS) is 17.5. The van der Waals surface area contributed by atoms with Gasteiger partial charge in [0.25, 0.3) is 0 Å². The molecule has 1 aromatic rings. The third-order valence-corrected chi connectivity index (χ3v) is 5.91. The lowest BCUT2D eigenvalue weighted by Gasteiger charge is -2.40. The fourth-order valence-electron chi connectivity index (χ4n) is 4.23. The van der Waals surface area contributed by atoms with Crippen molar-refractivity contribution in [1.29, 1.82) is 0 Å². The Kier molecular flexibility index (Phi) is 9.02. The number of carbonyl (C=O) groups excluding carboxylic acids is 3. The average Bonchev–Trinajstić information content (AvgIpc) is 2.72. The van der Waals surface area contributed by atoms with E-state index < -0.39 is 5.41 Å². The van der Waals surface area contributed by atoms with Crippen molar-refractivity contribution in [2.45, 2.75) is 71.8 Å². The van der Waals surface area contributed by atoms with Gasteiger partial charge in [-0.25, -0.2) is 0 Å². The Hall–Kier alpha value is -2.01. The van der Waals surface area contributed by atoms with Crippen molar-refractivity contribution in [2.75, 3.05) is 19.6 Å². The lowest BCUT2D eigenvalue weighted by atomic mass is 9.70. The number of ether oxygens (including phenoxy) is 1. The number of piperidine rings is 1. The van der Waals surface area contributed by atoms with Gasteiger partial charge in [0, 0.05) is 37.6 Å². The van der Waals surface area contributed by atoms with Crippen molar-refractivity contribution in [1.82, 2.24) is 4.90 Å². The molecule has 2 rings (SSSR count). The van der Waals surface area contributed by atoms with Crippen LogP contribution in [0, 0.1) is 5.41 Å². The number of benzene rings is 1. The van der Waals surface area contributed by atoms with Gasteiger partial charge in [-0.1, -0.05) is 44.2 Å². The minimum atomic E-state index is -0.480. The van der Waals surface area contributed by atoms with Gasteiger partial charge < -0.3 is 9.64 Å². The molecular weight excluding hydrogens is 366 g/mol. The Morgan fingerprint density at radius 1 is 1.10 bits per heavy atom. The van der Waals surface area contributed by atoms with Gasteiger partial charge >= 0.3 is 5.97 Å². The molecule has 5 heteroatoms. The minimum Gasteiger partial charge on any atom is -0.457 e. The molecule has 29 heavy (non-hydrogen) atoms. The van der Waals surface area contributed by atoms with Gasteiger partial charge in [-0.2, -0.15) is 0 Å². The Labute approximate surface area is 174 Å². The van der Waals surface area contributed by atoms with E-state index in [1.165, 1.54) is 0 Å². The SMILES string of the molecule is CCCC(=O)C1(CC(C)=O)CCN(CCC(OC(=O)CC)c2ccccc2)CC1. The van der Waals surface area contributed by atoms with Gasteiger partial charge in [-0.05, 0) is 44.8 Å². The first-order chi connectivity index (χ1) is 13.9. The van der Waals surface area contributed by atoms with Gasteiger partial charge in [-0.3, -0.25) is 14.4 Å². The van der Waals surface area contributed by atoms with Crippen LogP contribution in [0.2, 0.25) is 0 Å². The zero-order valence-corrected chi connectivity index (χ0v) is 18.1. The van der Waals surface area contributed by atoms with Crippen molar-refractivity contribution in [2.24, 2.45) is 5.41 Å². The summed E-state index contributed by atoms with van der Waals surface area (Å²) < 4.78 is 5.68. The summed E-state index contributed by atoms with van der Waals surface area (Å²) in [6.07, 6.45) is 4.03. The Morgan fingerprint density at radius 3 is 2.31 bits per heavy atom. The molecule has 1 aromatic carbocycles. The molecule has 0 aromatic heterocycles. The quantitative estimate of drug-likeness (QED) is 0.511. The highest BCUT2D eigenvalue weighted by Gasteiger charge is 2.41. The van der Waals surface area contributed by atoms with Gasteiger partial charge in [0.2, 0.25) is 0 Å². The van der Waals surface area contributed by atoms with E-state index in [1.54, 1.807) is 13.8 Å². The molecule has 1 aliphatic rings. The van der Waals surface area contributed by atoms with E-state index >= 15 is 0 Å². The van der Waals surface area contributed by atoms with Gasteiger partial charge in [-0.15, -0.1) is 0 Å². The van der Waals surface area contributed by atoms with Crippen molar-refractivity contribution < 1.29 is 19.1 Å². The number of nitrogens with zero attached hydrogens (tertiary/aromatic N) is 1. The molecule has 1 unspecified atom stereocenters. The summed E-state index contributed by atoms with van der Waals surface area (Å²) >= 11 is 0. The van der Waals surface area contributed by atoms with Crippen LogP contribution in [0.1, 0.15) is 77.4 Å². The third kappa shape index (κ3) is 6.77. The molecule has 1 saturated heterocycles. The van der Waals surface area contributed by atoms with Crippen LogP contribution in [-0.4, -0.2) is 42.1 Å². The molecule has 1 fully saturated rings. The number of esters is 1. The Morgan fingerprint density at radius 2 is 1.76 bits per heavy atom. The molecule has 0 saturated carbocycles. The number of rotatable bonds is 11. The maximum absolute atomic E-state index is 12.7. The van der Waals surface area contributed by atoms with Crippen molar-refractivity contribution in [3.63, 3.8) is 0 Å². The minimum absolute atomic E-state index is 0.0959. The number of ketones is 2. The molecule has 1 atom stereocenters. The number of hydrogen-bond donors (Lipinski definition) is 0. The first-order valence-corrected chi connectivity index (χ1v) is 10.9. The highest BCUT2D eigenvalue weighted by molar-refractivity contribution is 5.90. The van der Waals surface area contributed by atoms with Crippen molar-refractivity contribution >= 4 is 17.5 Å². The fourth-order valence-corrected chi connectivity index (χ4v) is 4.23. The first-order valence-electron chi connectivity index (χ1n) is 10.9. The van der Waals surface area contributed by atoms with Crippen LogP contribution >= 0.6 is 0 Å². The predicted molar refractivity (Wildman–Crippen MR) is 114 cm³/mol. The van der Waals surface area contributed by atoms with Crippen LogP contribution in [0.15, 0.2) is 30.3 Å². The van der Waals surface area contributed by atoms with Crippen molar-refractivity contribution in [3.8, 4) is 0 Å². The molecule has 0 aliphatic carbocycles. The number of Topliss-reactive ketones (excluding diaryl/α,β-unsaturated/α-hetero) is 2. The maximum atomic E-state index is 12.7. The van der Waals surface area contributed by atoms with Crippen LogP contribution < -0.4 is 0 Å². The van der Waals surface area contributed by atoms with Crippen LogP contribution in [0.3, 0.4) is 0 Å². The zero-order valence-electron chi connectivity index (χ0n) is 18.1. The van der Waals surface area contributed by atoms with Crippen molar-refractivity contribution in [3.05, 3.63) is 35.9 Å². The molecule has 0 radical (unpaired) electrons. The summed E-state index contributed by atoms with van der Waals surface area (Å²) in [5.41, 5.74) is 0.529. The summed E-state index contributed by atoms with van der Waals surface area (Å²) in [4.78, 5) is 38.7. The molecule has 160 valence electrons. The van der Waals surface area contributed by atoms with E-state index in [0.717, 1.165) is 50.9 Å². The lowest BCUT2D eigenvalue weighted by Crippen LogP contribution is -2.45. The second kappa shape index (κ2) is 11.2. The van der Waals surface area contributed by atoms with Crippen LogP contribution in [0.5, 0.6) is 0 Å². The van der Waals surface area contributed by atoms with Gasteiger partial charge in [0.05, 0.1) is 0 Å². The molecular formula is C24H35NO4. The largest absolute Gasteiger partial charge is 0.457 e. The average molecular weight is 402 g/mol. The molecule has 0 bridgehead atoms. The monoisotopic (exact) mass is 401 g/mol. The van der Waals surface area contributed by atoms with E-state index in [-0.39, 0.29) is 23.6 Å². The van der Waals surface area contributed by atoms with Crippen LogP contribution in [-0.2, 0) is 19.1 Å². The second-order valence-electron chi connectivity index (χ2n) is 8.21. The Bertz CT molecular complexity index is 677. The van der Waals surface area contributed by atoms with Gasteiger partial charge in [0.15, 0.2) is 0 Å². The summed E-state index contributed by atoms with van der Waals surface area (Å²) in [6.45, 7) is 7.79. The van der Waals surface area contributed by atoms with Crippen LogP contribution in [0.25, 0.3) is 0 Å². The second-order valence-corrected chi connectivity index (χ2v) is 8.21. The zero-order chi connectivity index (χ0) is 21.3. The highest BCUT2D eigenvalue weighted by Crippen LogP contribution is 2.38. The lowest BCUT2D eigenvalue weighted by molar-refractivity contribution is -0.149. The number of hydrogen-bond acceptors (Lipinski definition) is 5. The maximum Gasteiger partial charge on any atom is 0.306 e. The molecule has 1 aliphatic heterocycles. The topological polar surface area (TPSA) is 63.7 Å². The first kappa shape index (κ1) is 23.3. The standard InChI is InChI=1S/C24H35NO4/c1-4-9-22(27)24(18-19(3)26)13-16-25(17-14-24)15-12-21(29-23(28)5-2)20-10-7-6-8-11-20/h6-8,10-11,21H,4-5,9,12-18H2,1-3H3. The summed E-state index contributed by atoms with van der Waals surface area (Å²) in [5.74, 6) is 0.149. The molecule has 0 spiro atoms. The summed E-state index contributed by atoms with van der Waals surface area (Å²) in [6, 6.07) is 9.85. The van der Waals surface area contributed by atoms with Crippen LogP contribution in [0.4, 0.5) is 0 Å². The summed E-state index contributed by atoms with van der Waals surface area (Å²) in [5, 5.41) is 0. The van der Waals surface area contributed by atoms with E-state index in [2.05, 4.69) is 4.90 Å². The molecule has 1 heterocycles. The predicted octanol–water partition coefficient (Wildman–Crippen LogP) is 4.50. The fraction of sp³-hybridized carbons (Fsp3) is 0.625. The van der Waals surface area contributed by atoms with E-state index in [4.69, 9.17) is 4.74 Å². The van der Waals surface area contributed by atoms with E-state index in [0.29, 0.717) is 19.3 Å². The van der Waals surface area contributed by atoms with Gasteiger partial charge in [0.1, 0.15) is 17.7 Å². The number of likely N-dealkylation sites (tertiary alicyclic amines) is 1. The Balaban J connectivity index is 1.97. The smallest absolute Gasteiger partial charge is 0.306 e. The highest BCUT2D eigenvalue weighted by atomic mass is 16.5. The third-order valence-electron chi connectivity index (χ3n) is 5.91. The molecule has 0 N–H and O–H groups in total. The van der Waals surface area contributed by atoms with E-state index in [1.807, 2.05) is 37.3 Å². The summed E-state index contributed by atoms with van der Waals surface area (Å²) in [7, 11) is 0.